The number of carbonyl (C=O) groups is 2. The van der Waals surface area contributed by atoms with Crippen LogP contribution < -0.4 is 10.0 Å². The fourth-order valence-corrected chi connectivity index (χ4v) is 5.11. The van der Waals surface area contributed by atoms with E-state index in [0.717, 1.165) is 35.2 Å². The maximum atomic E-state index is 13.5. The van der Waals surface area contributed by atoms with Crippen LogP contribution in [0.5, 0.6) is 0 Å². The van der Waals surface area contributed by atoms with Gasteiger partial charge in [-0.2, -0.15) is 0 Å². The van der Waals surface area contributed by atoms with Gasteiger partial charge in [0.1, 0.15) is 17.3 Å². The second-order valence-electron chi connectivity index (χ2n) is 7.89. The van der Waals surface area contributed by atoms with Crippen molar-refractivity contribution in [3.63, 3.8) is 0 Å². The second kappa shape index (κ2) is 10.5. The molecule has 1 atom stereocenters. The first-order chi connectivity index (χ1) is 17.1. The molecule has 1 fully saturated rings. The molecule has 1 aromatic heterocycles. The third-order valence-corrected chi connectivity index (χ3v) is 7.49. The quantitative estimate of drug-likeness (QED) is 0.447. The molecule has 2 amide bonds. The van der Waals surface area contributed by atoms with Crippen LogP contribution in [0.25, 0.3) is 6.08 Å². The number of aliphatic imine (C=N–C) groups is 1. The fraction of sp³-hybridized carbons (Fsp3) is 0.160. The van der Waals surface area contributed by atoms with E-state index in [4.69, 9.17) is 4.42 Å². The van der Waals surface area contributed by atoms with E-state index < -0.39 is 33.7 Å². The lowest BCUT2D eigenvalue weighted by atomic mass is 10.1. The maximum Gasteiger partial charge on any atom is 0.264 e. The van der Waals surface area contributed by atoms with Gasteiger partial charge in [-0.25, -0.2) is 22.5 Å². The molecular formula is C25H22FN3O5S2. The number of amidine groups is 1. The zero-order valence-electron chi connectivity index (χ0n) is 19.3. The van der Waals surface area contributed by atoms with E-state index in [2.05, 4.69) is 10.3 Å². The number of nitrogens with zero attached hydrogens (tertiary/aromatic N) is 1. The smallest absolute Gasteiger partial charge is 0.264 e. The van der Waals surface area contributed by atoms with Gasteiger partial charge in [-0.1, -0.05) is 36.8 Å². The van der Waals surface area contributed by atoms with E-state index in [9.17, 15) is 22.4 Å². The summed E-state index contributed by atoms with van der Waals surface area (Å²) in [7, 11) is -4.19. The molecule has 1 aliphatic heterocycles. The first kappa shape index (κ1) is 25.4. The summed E-state index contributed by atoms with van der Waals surface area (Å²) in [4.78, 5) is 30.1. The molecule has 11 heteroatoms. The zero-order chi connectivity index (χ0) is 25.9. The van der Waals surface area contributed by atoms with Gasteiger partial charge in [0.05, 0.1) is 9.80 Å². The van der Waals surface area contributed by atoms with Crippen LogP contribution in [0.3, 0.4) is 0 Å². The van der Waals surface area contributed by atoms with Gasteiger partial charge in [-0.05, 0) is 60.6 Å². The van der Waals surface area contributed by atoms with E-state index in [1.807, 2.05) is 17.7 Å². The van der Waals surface area contributed by atoms with Crippen LogP contribution in [0.4, 0.5) is 4.39 Å². The Balaban J connectivity index is 1.62. The van der Waals surface area contributed by atoms with E-state index in [-0.39, 0.29) is 20.5 Å². The van der Waals surface area contributed by atoms with Gasteiger partial charge >= 0.3 is 0 Å². The molecule has 0 radical (unpaired) electrons. The van der Waals surface area contributed by atoms with Gasteiger partial charge in [-0.3, -0.25) is 9.59 Å². The van der Waals surface area contributed by atoms with Gasteiger partial charge in [-0.15, -0.1) is 0 Å². The average Bonchev–Trinajstić information content (AvgIpc) is 3.44. The van der Waals surface area contributed by atoms with Crippen molar-refractivity contribution < 1.29 is 26.8 Å². The summed E-state index contributed by atoms with van der Waals surface area (Å²) in [5.74, 6) is -0.680. The molecule has 8 nitrogen and oxygen atoms in total. The molecule has 2 aromatic carbocycles. The average molecular weight is 528 g/mol. The van der Waals surface area contributed by atoms with Crippen LogP contribution in [0.2, 0.25) is 0 Å². The van der Waals surface area contributed by atoms with Gasteiger partial charge in [0.25, 0.3) is 21.8 Å². The van der Waals surface area contributed by atoms with Gasteiger partial charge in [0.15, 0.2) is 11.2 Å². The number of hydrogen-bond donors (Lipinski definition) is 2. The third-order valence-electron chi connectivity index (χ3n) is 5.20. The summed E-state index contributed by atoms with van der Waals surface area (Å²) in [6.45, 7) is 3.75. The van der Waals surface area contributed by atoms with Crippen LogP contribution in [-0.2, 0) is 26.0 Å². The topological polar surface area (TPSA) is 118 Å². The second-order valence-corrected chi connectivity index (χ2v) is 10.6. The Labute approximate surface area is 211 Å². The molecule has 1 saturated heterocycles. The highest BCUT2D eigenvalue weighted by Gasteiger charge is 2.30. The van der Waals surface area contributed by atoms with Crippen molar-refractivity contribution >= 4 is 44.8 Å². The lowest BCUT2D eigenvalue weighted by Crippen LogP contribution is -2.35. The molecule has 0 unspecified atom stereocenters. The zero-order valence-corrected chi connectivity index (χ0v) is 21.0. The predicted octanol–water partition coefficient (Wildman–Crippen LogP) is 4.10. The molecule has 2 N–H and O–H groups in total. The standard InChI is InChI=1S/C25H22FN3O5S2/c1-3-18-10-11-19(34-18)14-21-23(30)28-25(35-21)27-22(16-6-8-17(26)9-7-16)24(31)29-36(32,33)20-12-4-15(2)5-13-20/h4-14,22H,3H2,1-2H3,(H,29,31)(H,27,28,30)/t22-/m0/s1. The first-order valence-electron chi connectivity index (χ1n) is 10.9. The Morgan fingerprint density at radius 2 is 1.83 bits per heavy atom. The minimum atomic E-state index is -4.19. The van der Waals surface area contributed by atoms with Crippen molar-refractivity contribution in [2.45, 2.75) is 31.2 Å². The van der Waals surface area contributed by atoms with Crippen LogP contribution in [0.15, 0.2) is 79.9 Å². The summed E-state index contributed by atoms with van der Waals surface area (Å²) in [5.41, 5.74) is 1.10. The van der Waals surface area contributed by atoms with Gasteiger partial charge in [0, 0.05) is 12.5 Å². The number of amides is 2. The largest absolute Gasteiger partial charge is 0.462 e. The molecule has 0 saturated carbocycles. The monoisotopic (exact) mass is 527 g/mol. The molecule has 0 spiro atoms. The number of furan rings is 1. The Kier molecular flexibility index (Phi) is 7.41. The molecule has 0 aliphatic carbocycles. The molecular weight excluding hydrogens is 505 g/mol. The lowest BCUT2D eigenvalue weighted by Gasteiger charge is -2.14. The minimum Gasteiger partial charge on any atom is -0.462 e. The number of aryl methyl sites for hydroxylation is 2. The first-order valence-corrected chi connectivity index (χ1v) is 13.2. The highest BCUT2D eigenvalue weighted by molar-refractivity contribution is 8.18. The van der Waals surface area contributed by atoms with Crippen LogP contribution >= 0.6 is 11.8 Å². The highest BCUT2D eigenvalue weighted by Crippen LogP contribution is 2.29. The molecule has 2 heterocycles. The van der Waals surface area contributed by atoms with E-state index in [1.165, 1.54) is 24.3 Å². The lowest BCUT2D eigenvalue weighted by molar-refractivity contribution is -0.120. The normalized spacial score (nSPS) is 16.8. The number of carbonyl (C=O) groups excluding carboxylic acids is 2. The van der Waals surface area contributed by atoms with E-state index in [1.54, 1.807) is 31.2 Å². The number of benzene rings is 2. The Bertz CT molecular complexity index is 1460. The third kappa shape index (κ3) is 5.92. The summed E-state index contributed by atoms with van der Waals surface area (Å²) < 4.78 is 46.7. The van der Waals surface area contributed by atoms with Gasteiger partial charge < -0.3 is 9.73 Å². The van der Waals surface area contributed by atoms with Crippen molar-refractivity contribution in [3.05, 3.63) is 94.0 Å². The van der Waals surface area contributed by atoms with Gasteiger partial charge in [0.2, 0.25) is 0 Å². The molecule has 0 bridgehead atoms. The maximum absolute atomic E-state index is 13.5. The Hall–Kier alpha value is -3.70. The molecule has 1 aliphatic rings. The van der Waals surface area contributed by atoms with Crippen molar-refractivity contribution in [1.29, 1.82) is 0 Å². The van der Waals surface area contributed by atoms with Crippen LogP contribution in [-0.4, -0.2) is 25.4 Å². The van der Waals surface area contributed by atoms with Crippen molar-refractivity contribution in [1.82, 2.24) is 10.0 Å². The number of nitrogens with one attached hydrogen (secondary N) is 2. The summed E-state index contributed by atoms with van der Waals surface area (Å²) in [5, 5.41) is 2.66. The summed E-state index contributed by atoms with van der Waals surface area (Å²) in [6, 6.07) is 13.1. The molecule has 36 heavy (non-hydrogen) atoms. The summed E-state index contributed by atoms with van der Waals surface area (Å²) >= 11 is 0.977. The number of hydrogen-bond acceptors (Lipinski definition) is 7. The van der Waals surface area contributed by atoms with Crippen molar-refractivity contribution in [3.8, 4) is 0 Å². The number of rotatable bonds is 7. The molecule has 186 valence electrons. The molecule has 4 rings (SSSR count). The number of halogens is 1. The Morgan fingerprint density at radius 1 is 1.14 bits per heavy atom. The SMILES string of the molecule is CCc1ccc(C=C2SC(=N[C@H](C(=O)NS(=O)(=O)c3ccc(C)cc3)c3ccc(F)cc3)NC2=O)o1. The van der Waals surface area contributed by atoms with Crippen molar-refractivity contribution in [2.24, 2.45) is 4.99 Å². The number of sulfonamides is 1. The van der Waals surface area contributed by atoms with Crippen LogP contribution in [0, 0.1) is 12.7 Å². The molecule has 3 aromatic rings. The van der Waals surface area contributed by atoms with E-state index in [0.29, 0.717) is 12.2 Å². The minimum absolute atomic E-state index is 0.0886. The highest BCUT2D eigenvalue weighted by atomic mass is 32.2. The summed E-state index contributed by atoms with van der Waals surface area (Å²) in [6.07, 6.45) is 2.26. The van der Waals surface area contributed by atoms with Crippen molar-refractivity contribution in [2.75, 3.05) is 0 Å². The van der Waals surface area contributed by atoms with E-state index >= 15 is 0 Å². The number of thioether (sulfide) groups is 1. The predicted molar refractivity (Wildman–Crippen MR) is 135 cm³/mol. The fourth-order valence-electron chi connectivity index (χ4n) is 3.29. The Morgan fingerprint density at radius 3 is 2.47 bits per heavy atom. The van der Waals surface area contributed by atoms with Crippen LogP contribution in [0.1, 0.15) is 35.6 Å².